The van der Waals surface area contributed by atoms with Crippen LogP contribution < -0.4 is 10.5 Å². The molecule has 3 N–H and O–H groups in total. The predicted octanol–water partition coefficient (Wildman–Crippen LogP) is 1.54. The summed E-state index contributed by atoms with van der Waals surface area (Å²) >= 11 is 5.75. The van der Waals surface area contributed by atoms with Crippen LogP contribution in [0.4, 0.5) is 5.69 Å². The molecule has 0 aliphatic carbocycles. The van der Waals surface area contributed by atoms with Crippen molar-refractivity contribution in [2.24, 2.45) is 0 Å². The van der Waals surface area contributed by atoms with Gasteiger partial charge in [0.2, 0.25) is 10.0 Å². The number of nitrogen functional groups attached to an aromatic ring is 1. The first kappa shape index (κ1) is 16.2. The number of halogens is 1. The molecule has 0 fully saturated rings. The second kappa shape index (κ2) is 6.56. The van der Waals surface area contributed by atoms with Crippen LogP contribution in [0, 0.1) is 0 Å². The Kier molecular flexibility index (Phi) is 5.61. The molecule has 0 radical (unpaired) electrons. The highest BCUT2D eigenvalue weighted by Crippen LogP contribution is 2.21. The zero-order valence-electron chi connectivity index (χ0n) is 11.4. The number of likely N-dealkylation sites (N-methyl/N-ethyl adjacent to an activating group) is 1. The van der Waals surface area contributed by atoms with E-state index in [0.29, 0.717) is 24.2 Å². The van der Waals surface area contributed by atoms with Gasteiger partial charge in [-0.1, -0.05) is 11.6 Å². The molecule has 0 aliphatic rings. The molecule has 0 heterocycles. The number of benzene rings is 1. The van der Waals surface area contributed by atoms with Crippen LogP contribution in [-0.2, 0) is 10.0 Å². The molecule has 0 spiro atoms. The van der Waals surface area contributed by atoms with E-state index in [1.165, 1.54) is 18.2 Å². The van der Waals surface area contributed by atoms with Crippen LogP contribution >= 0.6 is 11.6 Å². The van der Waals surface area contributed by atoms with Gasteiger partial charge in [0.05, 0.1) is 5.69 Å². The van der Waals surface area contributed by atoms with Crippen molar-refractivity contribution in [3.8, 4) is 0 Å². The zero-order chi connectivity index (χ0) is 14.6. The van der Waals surface area contributed by atoms with E-state index in [0.717, 1.165) is 0 Å². The Morgan fingerprint density at radius 2 is 2.05 bits per heavy atom. The molecule has 1 aromatic carbocycles. The van der Waals surface area contributed by atoms with Crippen molar-refractivity contribution in [3.63, 3.8) is 0 Å². The Bertz CT molecular complexity index is 532. The van der Waals surface area contributed by atoms with Gasteiger partial charge in [-0.2, -0.15) is 0 Å². The lowest BCUT2D eigenvalue weighted by atomic mass is 10.3. The molecular formula is C12H20ClN3O2S. The number of nitrogens with one attached hydrogen (secondary N) is 1. The fourth-order valence-corrected chi connectivity index (χ4v) is 2.77. The quantitative estimate of drug-likeness (QED) is 0.782. The monoisotopic (exact) mass is 305 g/mol. The predicted molar refractivity (Wildman–Crippen MR) is 78.8 cm³/mol. The molecule has 0 aromatic heterocycles. The first-order valence-electron chi connectivity index (χ1n) is 5.99. The van der Waals surface area contributed by atoms with E-state index in [2.05, 4.69) is 4.72 Å². The molecular weight excluding hydrogens is 286 g/mol. The SMILES string of the molecule is CC(C)N(C)CCNS(=O)(=O)c1ccc(Cl)cc1N. The molecule has 0 saturated heterocycles. The second-order valence-corrected chi connectivity index (χ2v) is 6.83. The topological polar surface area (TPSA) is 75.4 Å². The van der Waals surface area contributed by atoms with Gasteiger partial charge in [0, 0.05) is 24.2 Å². The molecule has 1 aromatic rings. The number of sulfonamides is 1. The van der Waals surface area contributed by atoms with Crippen LogP contribution in [0.5, 0.6) is 0 Å². The van der Waals surface area contributed by atoms with E-state index < -0.39 is 10.0 Å². The minimum atomic E-state index is -3.59. The smallest absolute Gasteiger partial charge is 0.242 e. The number of nitrogens with two attached hydrogens (primary N) is 1. The lowest BCUT2D eigenvalue weighted by Gasteiger charge is -2.21. The molecule has 19 heavy (non-hydrogen) atoms. The third-order valence-electron chi connectivity index (χ3n) is 2.90. The lowest BCUT2D eigenvalue weighted by Crippen LogP contribution is -2.36. The Labute approximate surface area is 119 Å². The zero-order valence-corrected chi connectivity index (χ0v) is 12.9. The second-order valence-electron chi connectivity index (χ2n) is 4.65. The maximum atomic E-state index is 12.1. The van der Waals surface area contributed by atoms with Crippen molar-refractivity contribution >= 4 is 27.3 Å². The summed E-state index contributed by atoms with van der Waals surface area (Å²) in [6, 6.07) is 4.71. The van der Waals surface area contributed by atoms with Gasteiger partial charge in [0.1, 0.15) is 4.90 Å². The van der Waals surface area contributed by atoms with Gasteiger partial charge in [-0.25, -0.2) is 13.1 Å². The molecule has 0 aliphatic heterocycles. The normalized spacial score (nSPS) is 12.3. The lowest BCUT2D eigenvalue weighted by molar-refractivity contribution is 0.278. The van der Waals surface area contributed by atoms with Gasteiger partial charge in [0.15, 0.2) is 0 Å². The average molecular weight is 306 g/mol. The summed E-state index contributed by atoms with van der Waals surface area (Å²) < 4.78 is 26.7. The van der Waals surface area contributed by atoms with E-state index >= 15 is 0 Å². The molecule has 0 unspecified atom stereocenters. The van der Waals surface area contributed by atoms with Gasteiger partial charge in [-0.05, 0) is 39.1 Å². The third kappa shape index (κ3) is 4.65. The molecule has 108 valence electrons. The summed E-state index contributed by atoms with van der Waals surface area (Å²) in [4.78, 5) is 2.11. The van der Waals surface area contributed by atoms with Gasteiger partial charge in [-0.15, -0.1) is 0 Å². The first-order valence-corrected chi connectivity index (χ1v) is 7.85. The average Bonchev–Trinajstić information content (AvgIpc) is 2.27. The van der Waals surface area contributed by atoms with Gasteiger partial charge in [0.25, 0.3) is 0 Å². The van der Waals surface area contributed by atoms with Gasteiger partial charge >= 0.3 is 0 Å². The summed E-state index contributed by atoms with van der Waals surface area (Å²) in [5.74, 6) is 0. The maximum absolute atomic E-state index is 12.1. The van der Waals surface area contributed by atoms with Crippen molar-refractivity contribution in [2.75, 3.05) is 25.9 Å². The fraction of sp³-hybridized carbons (Fsp3) is 0.500. The highest BCUT2D eigenvalue weighted by Gasteiger charge is 2.17. The summed E-state index contributed by atoms with van der Waals surface area (Å²) in [7, 11) is -1.65. The fourth-order valence-electron chi connectivity index (χ4n) is 1.46. The van der Waals surface area contributed by atoms with Crippen LogP contribution in [0.2, 0.25) is 5.02 Å². The summed E-state index contributed by atoms with van der Waals surface area (Å²) in [6.45, 7) is 5.06. The Morgan fingerprint density at radius 3 is 2.58 bits per heavy atom. The summed E-state index contributed by atoms with van der Waals surface area (Å²) in [5.41, 5.74) is 5.82. The van der Waals surface area contributed by atoms with Crippen LogP contribution in [-0.4, -0.2) is 39.5 Å². The third-order valence-corrected chi connectivity index (χ3v) is 4.67. The van der Waals surface area contributed by atoms with Crippen molar-refractivity contribution in [2.45, 2.75) is 24.8 Å². The standard InChI is InChI=1S/C12H20ClN3O2S/c1-9(2)16(3)7-6-15-19(17,18)12-5-4-10(13)8-11(12)14/h4-5,8-9,15H,6-7,14H2,1-3H3. The molecule has 5 nitrogen and oxygen atoms in total. The van der Waals surface area contributed by atoms with Crippen molar-refractivity contribution < 1.29 is 8.42 Å². The minimum absolute atomic E-state index is 0.0594. The summed E-state index contributed by atoms with van der Waals surface area (Å²) in [6.07, 6.45) is 0. The van der Waals surface area contributed by atoms with E-state index in [1.54, 1.807) is 0 Å². The van der Waals surface area contributed by atoms with Crippen LogP contribution in [0.1, 0.15) is 13.8 Å². The summed E-state index contributed by atoms with van der Waals surface area (Å²) in [5, 5.41) is 0.413. The van der Waals surface area contributed by atoms with Crippen LogP contribution in [0.25, 0.3) is 0 Å². The maximum Gasteiger partial charge on any atom is 0.242 e. The number of nitrogens with zero attached hydrogens (tertiary/aromatic N) is 1. The molecule has 0 saturated carbocycles. The van der Waals surface area contributed by atoms with E-state index in [1.807, 2.05) is 25.8 Å². The van der Waals surface area contributed by atoms with Gasteiger partial charge < -0.3 is 10.6 Å². The molecule has 0 atom stereocenters. The number of hydrogen-bond donors (Lipinski definition) is 2. The van der Waals surface area contributed by atoms with Crippen molar-refractivity contribution in [3.05, 3.63) is 23.2 Å². The number of rotatable bonds is 6. The molecule has 0 bridgehead atoms. The number of hydrogen-bond acceptors (Lipinski definition) is 4. The van der Waals surface area contributed by atoms with E-state index in [-0.39, 0.29) is 10.6 Å². The molecule has 1 rings (SSSR count). The molecule has 0 amide bonds. The number of anilines is 1. The van der Waals surface area contributed by atoms with Crippen molar-refractivity contribution in [1.82, 2.24) is 9.62 Å². The highest BCUT2D eigenvalue weighted by atomic mass is 35.5. The molecule has 7 heteroatoms. The Balaban J connectivity index is 2.71. The van der Waals surface area contributed by atoms with Crippen LogP contribution in [0.15, 0.2) is 23.1 Å². The van der Waals surface area contributed by atoms with E-state index in [9.17, 15) is 8.42 Å². The Hall–Kier alpha value is -0.820. The van der Waals surface area contributed by atoms with Crippen LogP contribution in [0.3, 0.4) is 0 Å². The minimum Gasteiger partial charge on any atom is -0.398 e. The van der Waals surface area contributed by atoms with Crippen molar-refractivity contribution in [1.29, 1.82) is 0 Å². The largest absolute Gasteiger partial charge is 0.398 e. The van der Waals surface area contributed by atoms with Gasteiger partial charge in [-0.3, -0.25) is 0 Å². The van der Waals surface area contributed by atoms with E-state index in [4.69, 9.17) is 17.3 Å². The highest BCUT2D eigenvalue weighted by molar-refractivity contribution is 7.89. The Morgan fingerprint density at radius 1 is 1.42 bits per heavy atom. The first-order chi connectivity index (χ1) is 8.74.